The van der Waals surface area contributed by atoms with Gasteiger partial charge in [-0.3, -0.25) is 0 Å². The van der Waals surface area contributed by atoms with Crippen LogP contribution in [0.25, 0.3) is 0 Å². The maximum Gasteiger partial charge on any atom is 0.105 e. The summed E-state index contributed by atoms with van der Waals surface area (Å²) in [4.78, 5) is 0.346. The molecule has 0 saturated heterocycles. The summed E-state index contributed by atoms with van der Waals surface area (Å²) >= 11 is 4.80. The van der Waals surface area contributed by atoms with E-state index in [1.807, 2.05) is 24.3 Å². The molecule has 0 spiro atoms. The monoisotopic (exact) mass is 161 g/mol. The molecule has 0 aliphatic heterocycles. The number of hydrogen-bond donors (Lipinski definition) is 1. The molecular formula is C9H7NS. The van der Waals surface area contributed by atoms with Crippen molar-refractivity contribution in [3.05, 3.63) is 35.4 Å². The zero-order valence-electron chi connectivity index (χ0n) is 5.87. The van der Waals surface area contributed by atoms with Crippen LogP contribution in [0.3, 0.4) is 0 Å². The van der Waals surface area contributed by atoms with Crippen LogP contribution in [0.4, 0.5) is 0 Å². The quantitative estimate of drug-likeness (QED) is 0.496. The number of nitrogens with two attached hydrogens (primary N) is 1. The van der Waals surface area contributed by atoms with E-state index in [2.05, 4.69) is 5.92 Å². The molecule has 1 nitrogen and oxygen atoms in total. The molecule has 0 amide bonds. The molecule has 54 valence electrons. The number of benzene rings is 1. The van der Waals surface area contributed by atoms with Gasteiger partial charge in [-0.2, -0.15) is 0 Å². The third-order valence-electron chi connectivity index (χ3n) is 1.35. The van der Waals surface area contributed by atoms with Crippen LogP contribution in [-0.4, -0.2) is 4.99 Å². The molecule has 1 rings (SSSR count). The normalized spacial score (nSPS) is 8.64. The summed E-state index contributed by atoms with van der Waals surface area (Å²) in [5.41, 5.74) is 6.94. The first-order valence-electron chi connectivity index (χ1n) is 3.11. The molecule has 0 bridgehead atoms. The first kappa shape index (κ1) is 7.77. The molecule has 0 heterocycles. The second-order valence-electron chi connectivity index (χ2n) is 2.05. The fourth-order valence-electron chi connectivity index (χ4n) is 0.824. The molecule has 0 aromatic heterocycles. The van der Waals surface area contributed by atoms with Gasteiger partial charge in [0.05, 0.1) is 0 Å². The average Bonchev–Trinajstić information content (AvgIpc) is 2.04. The van der Waals surface area contributed by atoms with Crippen LogP contribution in [0, 0.1) is 12.3 Å². The molecule has 1 aromatic rings. The Morgan fingerprint density at radius 1 is 1.45 bits per heavy atom. The van der Waals surface area contributed by atoms with Crippen molar-refractivity contribution in [2.75, 3.05) is 0 Å². The second-order valence-corrected chi connectivity index (χ2v) is 2.49. The Hall–Kier alpha value is -1.33. The zero-order chi connectivity index (χ0) is 8.27. The van der Waals surface area contributed by atoms with Gasteiger partial charge in [0.15, 0.2) is 0 Å². The highest BCUT2D eigenvalue weighted by Gasteiger charge is 1.99. The first-order valence-corrected chi connectivity index (χ1v) is 3.52. The van der Waals surface area contributed by atoms with E-state index in [0.29, 0.717) is 4.99 Å². The van der Waals surface area contributed by atoms with Gasteiger partial charge in [-0.1, -0.05) is 36.3 Å². The molecule has 0 saturated carbocycles. The molecule has 11 heavy (non-hydrogen) atoms. The fourth-order valence-corrected chi connectivity index (χ4v) is 1.00. The standard InChI is InChI=1S/C9H7NS/c1-2-7-5-3-4-6-8(7)9(10)11/h1,3-6H,(H2,10,11). The minimum Gasteiger partial charge on any atom is -0.389 e. The summed E-state index contributed by atoms with van der Waals surface area (Å²) in [5.74, 6) is 2.51. The van der Waals surface area contributed by atoms with Gasteiger partial charge in [-0.25, -0.2) is 0 Å². The van der Waals surface area contributed by atoms with Gasteiger partial charge in [-0.05, 0) is 6.07 Å². The summed E-state index contributed by atoms with van der Waals surface area (Å²) in [5, 5.41) is 0. The van der Waals surface area contributed by atoms with Crippen LogP contribution in [0.15, 0.2) is 24.3 Å². The van der Waals surface area contributed by atoms with Crippen LogP contribution in [-0.2, 0) is 0 Å². The summed E-state index contributed by atoms with van der Waals surface area (Å²) in [6, 6.07) is 7.35. The topological polar surface area (TPSA) is 26.0 Å². The van der Waals surface area contributed by atoms with E-state index in [9.17, 15) is 0 Å². The Kier molecular flexibility index (Phi) is 2.25. The average molecular weight is 161 g/mol. The number of rotatable bonds is 1. The summed E-state index contributed by atoms with van der Waals surface area (Å²) in [6.07, 6.45) is 5.22. The fraction of sp³-hybridized carbons (Fsp3) is 0. The van der Waals surface area contributed by atoms with Crippen LogP contribution in [0.2, 0.25) is 0 Å². The van der Waals surface area contributed by atoms with Crippen LogP contribution in [0.1, 0.15) is 11.1 Å². The van der Waals surface area contributed by atoms with E-state index in [0.717, 1.165) is 11.1 Å². The Balaban J connectivity index is 3.26. The van der Waals surface area contributed by atoms with Crippen molar-refractivity contribution in [1.82, 2.24) is 0 Å². The highest BCUT2D eigenvalue weighted by molar-refractivity contribution is 7.80. The largest absolute Gasteiger partial charge is 0.389 e. The zero-order valence-corrected chi connectivity index (χ0v) is 6.69. The van der Waals surface area contributed by atoms with E-state index >= 15 is 0 Å². The molecule has 1 aromatic carbocycles. The SMILES string of the molecule is C#Cc1ccccc1C(N)=S. The Morgan fingerprint density at radius 2 is 2.09 bits per heavy atom. The molecule has 0 aliphatic rings. The molecule has 2 heteroatoms. The molecule has 2 N–H and O–H groups in total. The lowest BCUT2D eigenvalue weighted by atomic mass is 10.1. The predicted molar refractivity (Wildman–Crippen MR) is 50.3 cm³/mol. The van der Waals surface area contributed by atoms with E-state index in [-0.39, 0.29) is 0 Å². The Morgan fingerprint density at radius 3 is 2.55 bits per heavy atom. The smallest absolute Gasteiger partial charge is 0.105 e. The highest BCUT2D eigenvalue weighted by Crippen LogP contribution is 2.05. The highest BCUT2D eigenvalue weighted by atomic mass is 32.1. The third kappa shape index (κ3) is 1.57. The van der Waals surface area contributed by atoms with Crippen molar-refractivity contribution in [2.24, 2.45) is 5.73 Å². The van der Waals surface area contributed by atoms with Gasteiger partial charge in [0.2, 0.25) is 0 Å². The molecule has 0 radical (unpaired) electrons. The lowest BCUT2D eigenvalue weighted by molar-refractivity contribution is 1.58. The summed E-state index contributed by atoms with van der Waals surface area (Å²) in [7, 11) is 0. The lowest BCUT2D eigenvalue weighted by Crippen LogP contribution is -2.10. The molecule has 0 aliphatic carbocycles. The van der Waals surface area contributed by atoms with Crippen molar-refractivity contribution < 1.29 is 0 Å². The maximum absolute atomic E-state index is 5.43. The molecule has 0 fully saturated rings. The number of thiocarbonyl (C=S) groups is 1. The van der Waals surface area contributed by atoms with Gasteiger partial charge >= 0.3 is 0 Å². The Labute approximate surface area is 71.2 Å². The van der Waals surface area contributed by atoms with Gasteiger partial charge in [0.1, 0.15) is 4.99 Å². The maximum atomic E-state index is 5.43. The van der Waals surface area contributed by atoms with Gasteiger partial charge in [0, 0.05) is 11.1 Å². The van der Waals surface area contributed by atoms with Gasteiger partial charge < -0.3 is 5.73 Å². The molecule has 0 atom stereocenters. The minimum atomic E-state index is 0.346. The second kappa shape index (κ2) is 3.18. The summed E-state index contributed by atoms with van der Waals surface area (Å²) in [6.45, 7) is 0. The van der Waals surface area contributed by atoms with E-state index in [1.165, 1.54) is 0 Å². The van der Waals surface area contributed by atoms with Crippen LogP contribution < -0.4 is 5.73 Å². The van der Waals surface area contributed by atoms with Crippen molar-refractivity contribution in [2.45, 2.75) is 0 Å². The predicted octanol–water partition coefficient (Wildman–Crippen LogP) is 1.30. The van der Waals surface area contributed by atoms with E-state index < -0.39 is 0 Å². The van der Waals surface area contributed by atoms with E-state index in [4.69, 9.17) is 24.4 Å². The first-order chi connectivity index (χ1) is 5.25. The van der Waals surface area contributed by atoms with Crippen LogP contribution >= 0.6 is 12.2 Å². The van der Waals surface area contributed by atoms with Crippen LogP contribution in [0.5, 0.6) is 0 Å². The van der Waals surface area contributed by atoms with Crippen molar-refractivity contribution in [3.63, 3.8) is 0 Å². The van der Waals surface area contributed by atoms with Crippen molar-refractivity contribution in [1.29, 1.82) is 0 Å². The van der Waals surface area contributed by atoms with Gasteiger partial charge in [0.25, 0.3) is 0 Å². The number of terminal acetylenes is 1. The molecule has 0 unspecified atom stereocenters. The van der Waals surface area contributed by atoms with E-state index in [1.54, 1.807) is 0 Å². The lowest BCUT2D eigenvalue weighted by Gasteiger charge is -1.99. The van der Waals surface area contributed by atoms with Gasteiger partial charge in [-0.15, -0.1) is 6.42 Å². The Bertz CT molecular complexity index is 323. The van der Waals surface area contributed by atoms with Crippen molar-refractivity contribution >= 4 is 17.2 Å². The third-order valence-corrected chi connectivity index (χ3v) is 1.57. The van der Waals surface area contributed by atoms with Crippen molar-refractivity contribution in [3.8, 4) is 12.3 Å². The number of hydrogen-bond acceptors (Lipinski definition) is 1. The molecular weight excluding hydrogens is 154 g/mol. The summed E-state index contributed by atoms with van der Waals surface area (Å²) < 4.78 is 0. The minimum absolute atomic E-state index is 0.346.